The molecule has 1 aromatic heterocycles. The van der Waals surface area contributed by atoms with Gasteiger partial charge < -0.3 is 30.7 Å². The van der Waals surface area contributed by atoms with Crippen molar-refractivity contribution in [3.63, 3.8) is 0 Å². The highest BCUT2D eigenvalue weighted by Gasteiger charge is 2.34. The number of rotatable bonds is 12. The van der Waals surface area contributed by atoms with Crippen molar-refractivity contribution in [3.8, 4) is 5.69 Å². The molecule has 0 aliphatic carbocycles. The van der Waals surface area contributed by atoms with Crippen LogP contribution in [0.25, 0.3) is 11.3 Å². The zero-order valence-electron chi connectivity index (χ0n) is 21.4. The number of aliphatic hydroxyl groups is 1. The Kier molecular flexibility index (Phi) is 8.71. The average molecular weight is 483 g/mol. The fraction of sp³-hybridized carbons (Fsp3) is 0.462. The fourth-order valence-corrected chi connectivity index (χ4v) is 4.07. The second kappa shape index (κ2) is 11.5. The van der Waals surface area contributed by atoms with Crippen LogP contribution >= 0.6 is 0 Å². The van der Waals surface area contributed by atoms with Crippen LogP contribution in [0.3, 0.4) is 0 Å². The SMILES string of the molecule is C=C(Nc1c(C)c(C2=CC(=O)N(C)C(C)(C)C2)nn1-c1ccccc1)N[C@@H](CO)CNCCOC. The highest BCUT2D eigenvalue weighted by Crippen LogP contribution is 2.36. The molecule has 9 nitrogen and oxygen atoms in total. The number of aliphatic hydroxyl groups excluding tert-OH is 1. The molecule has 3 rings (SSSR count). The number of hydrogen-bond donors (Lipinski definition) is 4. The number of para-hydroxylation sites is 1. The van der Waals surface area contributed by atoms with E-state index in [9.17, 15) is 9.90 Å². The largest absolute Gasteiger partial charge is 0.394 e. The summed E-state index contributed by atoms with van der Waals surface area (Å²) in [6, 6.07) is 9.60. The lowest BCUT2D eigenvalue weighted by Crippen LogP contribution is -2.47. The average Bonchev–Trinajstić information content (AvgIpc) is 3.15. The highest BCUT2D eigenvalue weighted by atomic mass is 16.5. The molecule has 0 unspecified atom stereocenters. The molecule has 0 fully saturated rings. The smallest absolute Gasteiger partial charge is 0.247 e. The Morgan fingerprint density at radius 1 is 1.31 bits per heavy atom. The van der Waals surface area contributed by atoms with Crippen LogP contribution < -0.4 is 16.0 Å². The minimum absolute atomic E-state index is 0.0303. The molecule has 1 aliphatic rings. The summed E-state index contributed by atoms with van der Waals surface area (Å²) >= 11 is 0. The molecule has 9 heteroatoms. The number of amides is 1. The second-order valence-corrected chi connectivity index (χ2v) is 9.45. The van der Waals surface area contributed by atoms with Gasteiger partial charge in [-0.25, -0.2) is 4.68 Å². The van der Waals surface area contributed by atoms with Crippen LogP contribution in [0.5, 0.6) is 0 Å². The highest BCUT2D eigenvalue weighted by molar-refractivity contribution is 5.98. The third-order valence-corrected chi connectivity index (χ3v) is 6.33. The number of benzene rings is 1. The van der Waals surface area contributed by atoms with Gasteiger partial charge in [0.2, 0.25) is 5.91 Å². The number of aromatic nitrogens is 2. The molecule has 1 aromatic carbocycles. The van der Waals surface area contributed by atoms with E-state index < -0.39 is 0 Å². The van der Waals surface area contributed by atoms with E-state index in [0.29, 0.717) is 31.9 Å². The normalized spacial score (nSPS) is 16.1. The van der Waals surface area contributed by atoms with Crippen molar-refractivity contribution in [2.45, 2.75) is 38.8 Å². The lowest BCUT2D eigenvalue weighted by molar-refractivity contribution is -0.129. The predicted octanol–water partition coefficient (Wildman–Crippen LogP) is 2.27. The number of hydrogen-bond acceptors (Lipinski definition) is 7. The number of methoxy groups -OCH3 is 1. The quantitative estimate of drug-likeness (QED) is 0.344. The Balaban J connectivity index is 1.89. The Hall–Kier alpha value is -3.14. The summed E-state index contributed by atoms with van der Waals surface area (Å²) in [5, 5.41) is 24.5. The first-order valence-corrected chi connectivity index (χ1v) is 11.8. The maximum absolute atomic E-state index is 12.7. The van der Waals surface area contributed by atoms with Crippen molar-refractivity contribution in [2.75, 3.05) is 45.8 Å². The molecule has 0 spiro atoms. The number of likely N-dealkylation sites (N-methyl/N-ethyl adjacent to an activating group) is 1. The summed E-state index contributed by atoms with van der Waals surface area (Å²) in [4.78, 5) is 14.4. The van der Waals surface area contributed by atoms with Crippen LogP contribution in [-0.4, -0.2) is 77.7 Å². The molecule has 35 heavy (non-hydrogen) atoms. The molecule has 4 N–H and O–H groups in total. The van der Waals surface area contributed by atoms with Gasteiger partial charge in [-0.05, 0) is 44.9 Å². The monoisotopic (exact) mass is 482 g/mol. The van der Waals surface area contributed by atoms with E-state index in [1.807, 2.05) is 49.0 Å². The summed E-state index contributed by atoms with van der Waals surface area (Å²) in [7, 11) is 3.48. The Morgan fingerprint density at radius 2 is 2.03 bits per heavy atom. The Labute approximate surface area is 207 Å². The first-order valence-electron chi connectivity index (χ1n) is 11.8. The standard InChI is InChI=1S/C26H38N6O3/c1-18-24(20-14-23(34)31(5)26(3,4)15-20)30-32(22-10-8-7-9-11-22)25(18)29-19(2)28-21(17-33)16-27-12-13-35-6/h7-11,14,21,27-29,33H,2,12-13,15-17H2,1,3-6H3/t21-/m1/s1. The Bertz CT molecular complexity index is 1060. The van der Waals surface area contributed by atoms with Crippen molar-refractivity contribution < 1.29 is 14.6 Å². The number of carbonyl (C=O) groups excluding carboxylic acids is 1. The minimum atomic E-state index is -0.312. The van der Waals surface area contributed by atoms with Crippen molar-refractivity contribution in [1.82, 2.24) is 25.3 Å². The van der Waals surface area contributed by atoms with Gasteiger partial charge in [-0.15, -0.1) is 0 Å². The van der Waals surface area contributed by atoms with E-state index in [0.717, 1.165) is 28.3 Å². The van der Waals surface area contributed by atoms with Gasteiger partial charge in [0.25, 0.3) is 0 Å². The molecule has 0 saturated heterocycles. The summed E-state index contributed by atoms with van der Waals surface area (Å²) in [5.74, 6) is 1.26. The molecule has 0 bridgehead atoms. The first-order chi connectivity index (χ1) is 16.7. The molecule has 0 saturated carbocycles. The third kappa shape index (κ3) is 6.30. The van der Waals surface area contributed by atoms with Crippen molar-refractivity contribution in [1.29, 1.82) is 0 Å². The number of ether oxygens (including phenoxy) is 1. The maximum atomic E-state index is 12.7. The molecular formula is C26H38N6O3. The molecule has 1 aliphatic heterocycles. The van der Waals surface area contributed by atoms with Crippen molar-refractivity contribution >= 4 is 17.3 Å². The van der Waals surface area contributed by atoms with E-state index >= 15 is 0 Å². The van der Waals surface area contributed by atoms with Gasteiger partial charge in [-0.1, -0.05) is 24.8 Å². The van der Waals surface area contributed by atoms with Gasteiger partial charge in [0, 0.05) is 44.4 Å². The lowest BCUT2D eigenvalue weighted by atomic mass is 9.87. The third-order valence-electron chi connectivity index (χ3n) is 6.33. The Morgan fingerprint density at radius 3 is 2.66 bits per heavy atom. The number of carbonyl (C=O) groups is 1. The zero-order valence-corrected chi connectivity index (χ0v) is 21.4. The van der Waals surface area contributed by atoms with Gasteiger partial charge in [0.1, 0.15) is 5.82 Å². The molecule has 1 atom stereocenters. The summed E-state index contributed by atoms with van der Waals surface area (Å²) in [5.41, 5.74) is 3.17. The molecule has 190 valence electrons. The van der Waals surface area contributed by atoms with Gasteiger partial charge in [0.15, 0.2) is 0 Å². The van der Waals surface area contributed by atoms with E-state index in [1.165, 1.54) is 0 Å². The molecular weight excluding hydrogens is 444 g/mol. The van der Waals surface area contributed by atoms with E-state index in [1.54, 1.807) is 18.1 Å². The summed E-state index contributed by atoms with van der Waals surface area (Å²) < 4.78 is 6.88. The number of anilines is 1. The lowest BCUT2D eigenvalue weighted by Gasteiger charge is -2.39. The molecule has 2 heterocycles. The van der Waals surface area contributed by atoms with Crippen LogP contribution in [-0.2, 0) is 9.53 Å². The van der Waals surface area contributed by atoms with Crippen LogP contribution in [0.1, 0.15) is 31.5 Å². The van der Waals surface area contributed by atoms with Gasteiger partial charge in [-0.2, -0.15) is 5.10 Å². The first kappa shape index (κ1) is 26.5. The van der Waals surface area contributed by atoms with Gasteiger partial charge in [0.05, 0.1) is 36.5 Å². The van der Waals surface area contributed by atoms with Crippen molar-refractivity contribution in [3.05, 3.63) is 60.1 Å². The predicted molar refractivity (Wildman–Crippen MR) is 139 cm³/mol. The minimum Gasteiger partial charge on any atom is -0.394 e. The second-order valence-electron chi connectivity index (χ2n) is 9.45. The van der Waals surface area contributed by atoms with E-state index in [2.05, 4.69) is 36.4 Å². The summed E-state index contributed by atoms with van der Waals surface area (Å²) in [6.07, 6.45) is 2.38. The zero-order chi connectivity index (χ0) is 25.6. The van der Waals surface area contributed by atoms with Crippen LogP contribution in [0.15, 0.2) is 48.8 Å². The fourth-order valence-electron chi connectivity index (χ4n) is 4.07. The van der Waals surface area contributed by atoms with Crippen molar-refractivity contribution in [2.24, 2.45) is 0 Å². The molecule has 1 amide bonds. The van der Waals surface area contributed by atoms with Crippen LogP contribution in [0.2, 0.25) is 0 Å². The van der Waals surface area contributed by atoms with E-state index in [-0.39, 0.29) is 24.1 Å². The maximum Gasteiger partial charge on any atom is 0.247 e. The molecule has 2 aromatic rings. The van der Waals surface area contributed by atoms with Gasteiger partial charge >= 0.3 is 0 Å². The van der Waals surface area contributed by atoms with Crippen LogP contribution in [0.4, 0.5) is 5.82 Å². The van der Waals surface area contributed by atoms with Crippen LogP contribution in [0, 0.1) is 6.92 Å². The van der Waals surface area contributed by atoms with Gasteiger partial charge in [-0.3, -0.25) is 4.79 Å². The van der Waals surface area contributed by atoms with E-state index in [4.69, 9.17) is 9.84 Å². The topological polar surface area (TPSA) is 104 Å². The summed E-state index contributed by atoms with van der Waals surface area (Å²) in [6.45, 7) is 12.0. The molecule has 0 radical (unpaired) electrons. The number of nitrogens with one attached hydrogen (secondary N) is 3. The number of nitrogens with zero attached hydrogens (tertiary/aromatic N) is 3.